The van der Waals surface area contributed by atoms with Crippen molar-refractivity contribution in [2.45, 2.75) is 9.79 Å². The third-order valence-corrected chi connectivity index (χ3v) is 4.05. The summed E-state index contributed by atoms with van der Waals surface area (Å²) in [6, 6.07) is 8.53. The van der Waals surface area contributed by atoms with Crippen LogP contribution in [0.2, 0.25) is 0 Å². The first-order valence-electron chi connectivity index (χ1n) is 4.59. The molecule has 0 unspecified atom stereocenters. The molecule has 1 radical (unpaired) electrons. The number of hydrogen-bond acceptors (Lipinski definition) is 4. The van der Waals surface area contributed by atoms with Crippen molar-refractivity contribution in [3.63, 3.8) is 0 Å². The molecule has 0 spiro atoms. The molecule has 2 rings (SSSR count). The van der Waals surface area contributed by atoms with Gasteiger partial charge in [-0.05, 0) is 6.07 Å². The molecule has 0 saturated carbocycles. The second-order valence-electron chi connectivity index (χ2n) is 3.48. The molecule has 2 aromatic carbocycles. The van der Waals surface area contributed by atoms with Gasteiger partial charge in [-0.15, -0.1) is 0 Å². The summed E-state index contributed by atoms with van der Waals surface area (Å²) in [6.07, 6.45) is 0. The predicted molar refractivity (Wildman–Crippen MR) is 62.4 cm³/mol. The van der Waals surface area contributed by atoms with Gasteiger partial charge in [0.25, 0.3) is 20.2 Å². The molecule has 18 heavy (non-hydrogen) atoms. The molecule has 2 N–H and O–H groups in total. The molecule has 0 bridgehead atoms. The van der Waals surface area contributed by atoms with Crippen LogP contribution < -0.4 is 0 Å². The van der Waals surface area contributed by atoms with Gasteiger partial charge in [-0.1, -0.05) is 24.3 Å². The fraction of sp³-hybridized carbons (Fsp3) is 0. The highest BCUT2D eigenvalue weighted by Gasteiger charge is 2.20. The molecule has 8 heteroatoms. The lowest BCUT2D eigenvalue weighted by Gasteiger charge is -2.06. The molecule has 0 aromatic heterocycles. The van der Waals surface area contributed by atoms with E-state index in [0.717, 1.165) is 6.07 Å². The van der Waals surface area contributed by atoms with E-state index in [1.807, 2.05) is 0 Å². The van der Waals surface area contributed by atoms with Crippen molar-refractivity contribution >= 4 is 31.0 Å². The van der Waals surface area contributed by atoms with E-state index >= 15 is 0 Å². The third kappa shape index (κ3) is 2.23. The van der Waals surface area contributed by atoms with Gasteiger partial charge in [-0.25, -0.2) is 0 Å². The minimum Gasteiger partial charge on any atom is -0.282 e. The fourth-order valence-corrected chi connectivity index (χ4v) is 2.94. The van der Waals surface area contributed by atoms with Gasteiger partial charge in [0.2, 0.25) is 0 Å². The summed E-state index contributed by atoms with van der Waals surface area (Å²) in [4.78, 5) is -1.00. The first-order chi connectivity index (χ1) is 8.21. The summed E-state index contributed by atoms with van der Waals surface area (Å²) in [7, 11) is -9.02. The average Bonchev–Trinajstić information content (AvgIpc) is 2.24. The minimum atomic E-state index is -4.52. The maximum absolute atomic E-state index is 11.1. The average molecular weight is 287 g/mol. The molecular weight excluding hydrogens is 280 g/mol. The summed E-state index contributed by atoms with van der Waals surface area (Å²) >= 11 is 0. The molecule has 0 fully saturated rings. The van der Waals surface area contributed by atoms with E-state index in [9.17, 15) is 16.8 Å². The molecule has 0 atom stereocenters. The highest BCUT2D eigenvalue weighted by molar-refractivity contribution is 7.86. The number of hydrogen-bond donors (Lipinski definition) is 2. The van der Waals surface area contributed by atoms with Crippen LogP contribution in [0.5, 0.6) is 0 Å². The lowest BCUT2D eigenvalue weighted by atomic mass is 10.1. The van der Waals surface area contributed by atoms with Crippen molar-refractivity contribution < 1.29 is 25.9 Å². The van der Waals surface area contributed by atoms with Crippen molar-refractivity contribution in [2.24, 2.45) is 0 Å². The molecule has 0 saturated heterocycles. The van der Waals surface area contributed by atoms with E-state index < -0.39 is 30.0 Å². The van der Waals surface area contributed by atoms with Crippen LogP contribution in [0.3, 0.4) is 0 Å². The predicted octanol–water partition coefficient (Wildman–Crippen LogP) is 1.13. The van der Waals surface area contributed by atoms with Gasteiger partial charge in [-0.2, -0.15) is 16.8 Å². The molecule has 0 amide bonds. The standard InChI is InChI=1S/C10H7O6S2/c11-17(12,13)9-5-6-10(18(14,15)16)8-4-2-1-3-7(8)9/h1-5H,(H,11,12,13)(H,14,15,16). The van der Waals surface area contributed by atoms with Gasteiger partial charge in [-0.3, -0.25) is 9.11 Å². The zero-order valence-corrected chi connectivity index (χ0v) is 10.4. The van der Waals surface area contributed by atoms with Crippen molar-refractivity contribution in [2.75, 3.05) is 0 Å². The SMILES string of the molecule is O=S(=O)(O)c1[c]cc(S(=O)(=O)O)c2ccccc12. The molecule has 2 aromatic rings. The van der Waals surface area contributed by atoms with Gasteiger partial charge < -0.3 is 0 Å². The quantitative estimate of drug-likeness (QED) is 0.801. The summed E-state index contributed by atoms with van der Waals surface area (Å²) in [5, 5.41) is -0.0403. The van der Waals surface area contributed by atoms with Crippen LogP contribution in [0.25, 0.3) is 10.8 Å². The van der Waals surface area contributed by atoms with Gasteiger partial charge in [0, 0.05) is 16.8 Å². The van der Waals surface area contributed by atoms with E-state index in [0.29, 0.717) is 0 Å². The van der Waals surface area contributed by atoms with Crippen LogP contribution in [0, 0.1) is 6.07 Å². The molecular formula is C10H7O6S2. The van der Waals surface area contributed by atoms with Gasteiger partial charge in [0.05, 0.1) is 0 Å². The maximum Gasteiger partial charge on any atom is 0.295 e. The Bertz CT molecular complexity index is 750. The van der Waals surface area contributed by atoms with Crippen molar-refractivity contribution in [3.05, 3.63) is 36.4 Å². The Balaban J connectivity index is 3.01. The summed E-state index contributed by atoms with van der Waals surface area (Å²) in [6.45, 7) is 0. The zero-order chi connectivity index (χ0) is 13.6. The largest absolute Gasteiger partial charge is 0.295 e. The highest BCUT2D eigenvalue weighted by Crippen LogP contribution is 2.28. The Morgan fingerprint density at radius 3 is 1.94 bits per heavy atom. The lowest BCUT2D eigenvalue weighted by molar-refractivity contribution is 0.480. The van der Waals surface area contributed by atoms with E-state index in [4.69, 9.17) is 9.11 Å². The van der Waals surface area contributed by atoms with E-state index in [2.05, 4.69) is 6.07 Å². The molecule has 0 aliphatic heterocycles. The van der Waals surface area contributed by atoms with Crippen LogP contribution in [0.15, 0.2) is 40.1 Å². The van der Waals surface area contributed by atoms with Crippen LogP contribution in [0.1, 0.15) is 0 Å². The molecule has 0 aliphatic carbocycles. The first kappa shape index (κ1) is 13.0. The number of fused-ring (bicyclic) bond motifs is 1. The zero-order valence-electron chi connectivity index (χ0n) is 8.73. The second-order valence-corrected chi connectivity index (χ2v) is 6.23. The van der Waals surface area contributed by atoms with Crippen molar-refractivity contribution in [3.8, 4) is 0 Å². The molecule has 95 valence electrons. The topological polar surface area (TPSA) is 109 Å². The molecule has 0 aliphatic rings. The van der Waals surface area contributed by atoms with E-state index in [-0.39, 0.29) is 10.8 Å². The fourth-order valence-electron chi connectivity index (χ4n) is 1.61. The number of benzene rings is 2. The van der Waals surface area contributed by atoms with Gasteiger partial charge in [0.15, 0.2) is 0 Å². The Morgan fingerprint density at radius 2 is 1.44 bits per heavy atom. The lowest BCUT2D eigenvalue weighted by Crippen LogP contribution is -2.04. The minimum absolute atomic E-state index is 0.00799. The smallest absolute Gasteiger partial charge is 0.282 e. The summed E-state index contributed by atoms with van der Waals surface area (Å²) in [5.41, 5.74) is 0. The number of rotatable bonds is 2. The van der Waals surface area contributed by atoms with E-state index in [1.54, 1.807) is 0 Å². The van der Waals surface area contributed by atoms with E-state index in [1.165, 1.54) is 24.3 Å². The Morgan fingerprint density at radius 1 is 0.889 bits per heavy atom. The van der Waals surface area contributed by atoms with Gasteiger partial charge in [0.1, 0.15) is 9.79 Å². The Labute approximate surface area is 103 Å². The van der Waals surface area contributed by atoms with Crippen molar-refractivity contribution in [1.82, 2.24) is 0 Å². The first-order valence-corrected chi connectivity index (χ1v) is 7.47. The van der Waals surface area contributed by atoms with Crippen LogP contribution >= 0.6 is 0 Å². The Kier molecular flexibility index (Phi) is 2.90. The Hall–Kier alpha value is -1.48. The molecule has 0 heterocycles. The third-order valence-electron chi connectivity index (χ3n) is 2.31. The second kappa shape index (κ2) is 4.02. The summed E-state index contributed by atoms with van der Waals surface area (Å²) in [5.74, 6) is 0. The monoisotopic (exact) mass is 287 g/mol. The van der Waals surface area contributed by atoms with Crippen LogP contribution in [-0.4, -0.2) is 25.9 Å². The van der Waals surface area contributed by atoms with Gasteiger partial charge >= 0.3 is 0 Å². The summed E-state index contributed by atoms with van der Waals surface area (Å²) < 4.78 is 62.5. The normalized spacial score (nSPS) is 12.8. The van der Waals surface area contributed by atoms with Crippen molar-refractivity contribution in [1.29, 1.82) is 0 Å². The highest BCUT2D eigenvalue weighted by atomic mass is 32.2. The molecule has 6 nitrogen and oxygen atoms in total. The maximum atomic E-state index is 11.1. The van der Waals surface area contributed by atoms with Crippen LogP contribution in [-0.2, 0) is 20.2 Å². The van der Waals surface area contributed by atoms with Crippen LogP contribution in [0.4, 0.5) is 0 Å².